The summed E-state index contributed by atoms with van der Waals surface area (Å²) in [5.74, 6) is -1.00. The monoisotopic (exact) mass is 487 g/mol. The Morgan fingerprint density at radius 1 is 0.970 bits per heavy atom. The summed E-state index contributed by atoms with van der Waals surface area (Å²) >= 11 is 5.66. The number of amides is 2. The molecule has 1 fully saturated rings. The van der Waals surface area contributed by atoms with E-state index in [9.17, 15) is 22.4 Å². The van der Waals surface area contributed by atoms with Crippen molar-refractivity contribution in [2.45, 2.75) is 17.7 Å². The van der Waals surface area contributed by atoms with E-state index in [-0.39, 0.29) is 27.4 Å². The lowest BCUT2D eigenvalue weighted by Gasteiger charge is -2.16. The van der Waals surface area contributed by atoms with E-state index in [2.05, 4.69) is 10.0 Å². The van der Waals surface area contributed by atoms with Gasteiger partial charge in [0.05, 0.1) is 9.92 Å². The van der Waals surface area contributed by atoms with Gasteiger partial charge < -0.3 is 10.2 Å². The zero-order valence-electron chi connectivity index (χ0n) is 17.2. The van der Waals surface area contributed by atoms with Gasteiger partial charge in [-0.05, 0) is 73.2 Å². The lowest BCUT2D eigenvalue weighted by atomic mass is 10.2. The van der Waals surface area contributed by atoms with Crippen LogP contribution >= 0.6 is 11.6 Å². The average molecular weight is 488 g/mol. The van der Waals surface area contributed by atoms with E-state index in [1.165, 1.54) is 24.3 Å². The lowest BCUT2D eigenvalue weighted by Crippen LogP contribution is -2.23. The third-order valence-corrected chi connectivity index (χ3v) is 6.78. The van der Waals surface area contributed by atoms with Crippen LogP contribution in [0.15, 0.2) is 71.6 Å². The summed E-state index contributed by atoms with van der Waals surface area (Å²) in [7, 11) is -3.98. The minimum atomic E-state index is -3.98. The number of anilines is 3. The lowest BCUT2D eigenvalue weighted by molar-refractivity contribution is -0.117. The molecule has 0 spiro atoms. The molecule has 0 aliphatic carbocycles. The highest BCUT2D eigenvalue weighted by atomic mass is 35.5. The maximum Gasteiger partial charge on any atom is 0.261 e. The van der Waals surface area contributed by atoms with Crippen molar-refractivity contribution in [2.24, 2.45) is 0 Å². The highest BCUT2D eigenvalue weighted by Crippen LogP contribution is 2.24. The number of halogens is 2. The molecule has 2 amide bonds. The number of carbonyl (C=O) groups is 2. The second kappa shape index (κ2) is 9.21. The molecular weight excluding hydrogens is 469 g/mol. The van der Waals surface area contributed by atoms with E-state index in [0.29, 0.717) is 24.2 Å². The molecule has 1 saturated heterocycles. The van der Waals surface area contributed by atoms with Gasteiger partial charge in [0, 0.05) is 35.6 Å². The maximum absolute atomic E-state index is 13.3. The summed E-state index contributed by atoms with van der Waals surface area (Å²) in [4.78, 5) is 25.9. The van der Waals surface area contributed by atoms with Crippen LogP contribution in [-0.2, 0) is 14.8 Å². The van der Waals surface area contributed by atoms with Crippen molar-refractivity contribution >= 4 is 50.5 Å². The van der Waals surface area contributed by atoms with Crippen molar-refractivity contribution in [3.05, 3.63) is 83.1 Å². The normalized spacial score (nSPS) is 13.8. The van der Waals surface area contributed by atoms with E-state index in [1.54, 1.807) is 29.2 Å². The molecule has 170 valence electrons. The van der Waals surface area contributed by atoms with Gasteiger partial charge in [0.1, 0.15) is 5.82 Å². The summed E-state index contributed by atoms with van der Waals surface area (Å²) < 4.78 is 40.6. The first-order valence-electron chi connectivity index (χ1n) is 10.0. The molecule has 3 aromatic carbocycles. The first kappa shape index (κ1) is 22.8. The van der Waals surface area contributed by atoms with E-state index < -0.39 is 15.8 Å². The average Bonchev–Trinajstić information content (AvgIpc) is 3.22. The highest BCUT2D eigenvalue weighted by Gasteiger charge is 2.21. The molecule has 0 saturated carbocycles. The fourth-order valence-electron chi connectivity index (χ4n) is 3.40. The van der Waals surface area contributed by atoms with Crippen molar-refractivity contribution < 1.29 is 22.4 Å². The molecule has 0 radical (unpaired) electrons. The van der Waals surface area contributed by atoms with Gasteiger partial charge in [0.15, 0.2) is 0 Å². The smallest absolute Gasteiger partial charge is 0.261 e. The van der Waals surface area contributed by atoms with Gasteiger partial charge >= 0.3 is 0 Å². The minimum absolute atomic E-state index is 0.0880. The van der Waals surface area contributed by atoms with Crippen LogP contribution in [0.5, 0.6) is 0 Å². The zero-order chi connectivity index (χ0) is 23.6. The summed E-state index contributed by atoms with van der Waals surface area (Å²) in [5.41, 5.74) is 1.90. The van der Waals surface area contributed by atoms with Crippen molar-refractivity contribution in [3.63, 3.8) is 0 Å². The highest BCUT2D eigenvalue weighted by molar-refractivity contribution is 7.92. The van der Waals surface area contributed by atoms with Gasteiger partial charge in [0.25, 0.3) is 15.9 Å². The van der Waals surface area contributed by atoms with Gasteiger partial charge in [-0.2, -0.15) is 0 Å². The standard InChI is InChI=1S/C23H19ClFN3O4S/c24-20-14-19(11-12-21(20)25)33(31,32)27-17-5-3-15(4-6-17)23(30)26-16-7-9-18(10-8-16)28-13-1-2-22(28)29/h3-12,14,27H,1-2,13H2,(H,26,30). The number of rotatable bonds is 6. The molecule has 3 aromatic rings. The molecule has 0 bridgehead atoms. The third kappa shape index (κ3) is 5.15. The van der Waals surface area contributed by atoms with Gasteiger partial charge in [-0.25, -0.2) is 12.8 Å². The number of nitrogens with one attached hydrogen (secondary N) is 2. The van der Waals surface area contributed by atoms with Crippen molar-refractivity contribution in [1.29, 1.82) is 0 Å². The van der Waals surface area contributed by atoms with Crippen LogP contribution in [0.1, 0.15) is 23.2 Å². The Balaban J connectivity index is 1.41. The summed E-state index contributed by atoms with van der Waals surface area (Å²) in [6.45, 7) is 0.689. The fraction of sp³-hybridized carbons (Fsp3) is 0.130. The molecule has 0 aromatic heterocycles. The number of benzene rings is 3. The van der Waals surface area contributed by atoms with Crippen molar-refractivity contribution in [1.82, 2.24) is 0 Å². The molecule has 7 nitrogen and oxygen atoms in total. The fourth-order valence-corrected chi connectivity index (χ4v) is 4.73. The molecule has 1 aliphatic rings. The number of nitrogens with zero attached hydrogens (tertiary/aromatic N) is 1. The Kier molecular flexibility index (Phi) is 6.35. The first-order valence-corrected chi connectivity index (χ1v) is 11.9. The predicted octanol–water partition coefficient (Wildman–Crippen LogP) is 4.66. The van der Waals surface area contributed by atoms with Crippen LogP contribution < -0.4 is 14.9 Å². The predicted molar refractivity (Wildman–Crippen MR) is 125 cm³/mol. The van der Waals surface area contributed by atoms with Crippen LogP contribution in [0.2, 0.25) is 5.02 Å². The van der Waals surface area contributed by atoms with Crippen molar-refractivity contribution in [2.75, 3.05) is 21.5 Å². The molecule has 1 aliphatic heterocycles. The SMILES string of the molecule is O=C(Nc1ccc(N2CCCC2=O)cc1)c1ccc(NS(=O)(=O)c2ccc(F)c(Cl)c2)cc1. The quantitative estimate of drug-likeness (QED) is 0.528. The van der Waals surface area contributed by atoms with Gasteiger partial charge in [-0.15, -0.1) is 0 Å². The minimum Gasteiger partial charge on any atom is -0.322 e. The number of hydrogen-bond donors (Lipinski definition) is 2. The second-order valence-corrected chi connectivity index (χ2v) is 9.50. The number of hydrogen-bond acceptors (Lipinski definition) is 4. The maximum atomic E-state index is 13.3. The van der Waals surface area contributed by atoms with E-state index in [4.69, 9.17) is 11.6 Å². The van der Waals surface area contributed by atoms with Crippen LogP contribution in [0.4, 0.5) is 21.5 Å². The van der Waals surface area contributed by atoms with E-state index in [0.717, 1.165) is 30.3 Å². The summed E-state index contributed by atoms with van der Waals surface area (Å²) in [6, 6.07) is 15.9. The molecule has 0 unspecified atom stereocenters. The van der Waals surface area contributed by atoms with Crippen LogP contribution in [0, 0.1) is 5.82 Å². The second-order valence-electron chi connectivity index (χ2n) is 7.41. The van der Waals surface area contributed by atoms with Gasteiger partial charge in [0.2, 0.25) is 5.91 Å². The molecule has 4 rings (SSSR count). The number of sulfonamides is 1. The largest absolute Gasteiger partial charge is 0.322 e. The van der Waals surface area contributed by atoms with Crippen LogP contribution in [0.3, 0.4) is 0 Å². The Morgan fingerprint density at radius 3 is 2.24 bits per heavy atom. The zero-order valence-corrected chi connectivity index (χ0v) is 18.8. The molecule has 0 atom stereocenters. The number of carbonyl (C=O) groups excluding carboxylic acids is 2. The first-order chi connectivity index (χ1) is 15.7. The summed E-state index contributed by atoms with van der Waals surface area (Å²) in [5, 5.41) is 2.46. The van der Waals surface area contributed by atoms with Crippen molar-refractivity contribution in [3.8, 4) is 0 Å². The summed E-state index contributed by atoms with van der Waals surface area (Å²) in [6.07, 6.45) is 1.38. The Morgan fingerprint density at radius 2 is 1.64 bits per heavy atom. The molecule has 1 heterocycles. The van der Waals surface area contributed by atoms with Gasteiger partial charge in [-0.1, -0.05) is 11.6 Å². The Labute approximate surface area is 195 Å². The third-order valence-electron chi connectivity index (χ3n) is 5.11. The van der Waals surface area contributed by atoms with Gasteiger partial charge in [-0.3, -0.25) is 14.3 Å². The Hall–Kier alpha value is -3.43. The Bertz CT molecular complexity index is 1310. The van der Waals surface area contributed by atoms with Crippen LogP contribution in [-0.4, -0.2) is 26.8 Å². The molecule has 2 N–H and O–H groups in total. The molecule has 33 heavy (non-hydrogen) atoms. The van der Waals surface area contributed by atoms with E-state index >= 15 is 0 Å². The van der Waals surface area contributed by atoms with Crippen LogP contribution in [0.25, 0.3) is 0 Å². The molecular formula is C23H19ClFN3O4S. The molecule has 10 heteroatoms. The topological polar surface area (TPSA) is 95.6 Å². The van der Waals surface area contributed by atoms with E-state index in [1.807, 2.05) is 0 Å².